The molecule has 5 rings (SSSR count). The number of nitrogens with zero attached hydrogens (tertiary/aromatic N) is 5. The van der Waals surface area contributed by atoms with Crippen LogP contribution in [0.25, 0.3) is 22.2 Å². The summed E-state index contributed by atoms with van der Waals surface area (Å²) in [6, 6.07) is 14.6. The Kier molecular flexibility index (Phi) is 5.03. The fraction of sp³-hybridized carbons (Fsp3) is 0.292. The summed E-state index contributed by atoms with van der Waals surface area (Å²) >= 11 is 0. The molecule has 158 valence electrons. The summed E-state index contributed by atoms with van der Waals surface area (Å²) in [6.45, 7) is 6.03. The summed E-state index contributed by atoms with van der Waals surface area (Å²) < 4.78 is 7.65. The number of benzene rings is 1. The first-order valence-corrected chi connectivity index (χ1v) is 10.6. The molecule has 1 aliphatic heterocycles. The van der Waals surface area contributed by atoms with Crippen LogP contribution in [0.1, 0.15) is 13.8 Å². The van der Waals surface area contributed by atoms with Crippen molar-refractivity contribution in [2.45, 2.75) is 26.1 Å². The molecule has 1 saturated heterocycles. The van der Waals surface area contributed by atoms with Crippen LogP contribution in [-0.2, 0) is 11.8 Å². The molecule has 0 spiro atoms. The molecule has 1 N–H and O–H groups in total. The van der Waals surface area contributed by atoms with Gasteiger partial charge in [0, 0.05) is 61.1 Å². The standard InChI is InChI=1S/C24H26N6O/c1-16-13-30(14-17(2)31-16)22-6-4-5-21(11-22)27-23-10-18(7-8-25-23)19-9-20-15-29(3)28-24(20)26-12-19/h4-12,15-17H,13-14H2,1-3H3,(H,25,27)/t16-,17+. The van der Waals surface area contributed by atoms with Crippen LogP contribution >= 0.6 is 0 Å². The summed E-state index contributed by atoms with van der Waals surface area (Å²) in [5, 5.41) is 8.82. The quantitative estimate of drug-likeness (QED) is 0.534. The molecule has 1 fully saturated rings. The van der Waals surface area contributed by atoms with Gasteiger partial charge < -0.3 is 15.0 Å². The molecule has 0 unspecified atom stereocenters. The number of aromatic nitrogens is 4. The van der Waals surface area contributed by atoms with E-state index in [0.717, 1.165) is 46.8 Å². The van der Waals surface area contributed by atoms with Gasteiger partial charge in [-0.25, -0.2) is 9.97 Å². The third-order valence-corrected chi connectivity index (χ3v) is 5.47. The highest BCUT2D eigenvalue weighted by Gasteiger charge is 2.22. The Labute approximate surface area is 181 Å². The maximum Gasteiger partial charge on any atom is 0.181 e. The van der Waals surface area contributed by atoms with Crippen molar-refractivity contribution in [3.63, 3.8) is 0 Å². The van der Waals surface area contributed by atoms with Gasteiger partial charge in [-0.05, 0) is 55.8 Å². The molecule has 4 aromatic rings. The fourth-order valence-corrected chi connectivity index (χ4v) is 4.19. The molecular formula is C24H26N6O. The number of nitrogens with one attached hydrogen (secondary N) is 1. The van der Waals surface area contributed by atoms with E-state index in [1.807, 2.05) is 37.8 Å². The van der Waals surface area contributed by atoms with E-state index in [1.165, 1.54) is 5.69 Å². The predicted octanol–water partition coefficient (Wildman–Crippen LogP) is 4.39. The molecule has 4 heterocycles. The highest BCUT2D eigenvalue weighted by atomic mass is 16.5. The smallest absolute Gasteiger partial charge is 0.181 e. The number of morpholine rings is 1. The number of rotatable bonds is 4. The van der Waals surface area contributed by atoms with E-state index in [9.17, 15) is 0 Å². The molecule has 0 aliphatic carbocycles. The number of fused-ring (bicyclic) bond motifs is 1. The normalized spacial score (nSPS) is 19.0. The van der Waals surface area contributed by atoms with Crippen LogP contribution in [0, 0.1) is 0 Å². The second-order valence-corrected chi connectivity index (χ2v) is 8.21. The van der Waals surface area contributed by atoms with Gasteiger partial charge in [0.2, 0.25) is 0 Å². The van der Waals surface area contributed by atoms with Crippen LogP contribution in [0.3, 0.4) is 0 Å². The largest absolute Gasteiger partial charge is 0.372 e. The third kappa shape index (κ3) is 4.22. The van der Waals surface area contributed by atoms with Gasteiger partial charge in [0.25, 0.3) is 0 Å². The van der Waals surface area contributed by atoms with Gasteiger partial charge in [0.15, 0.2) is 5.65 Å². The third-order valence-electron chi connectivity index (χ3n) is 5.47. The molecule has 0 amide bonds. The van der Waals surface area contributed by atoms with Crippen LogP contribution in [-0.4, -0.2) is 45.0 Å². The predicted molar refractivity (Wildman–Crippen MR) is 124 cm³/mol. The van der Waals surface area contributed by atoms with Gasteiger partial charge in [0.1, 0.15) is 5.82 Å². The molecule has 2 atom stereocenters. The number of ether oxygens (including phenoxy) is 1. The number of hydrogen-bond acceptors (Lipinski definition) is 6. The maximum absolute atomic E-state index is 5.87. The van der Waals surface area contributed by atoms with Crippen molar-refractivity contribution in [2.75, 3.05) is 23.3 Å². The lowest BCUT2D eigenvalue weighted by atomic mass is 10.1. The Bertz CT molecular complexity index is 1210. The number of pyridine rings is 2. The molecular weight excluding hydrogens is 388 g/mol. The zero-order valence-electron chi connectivity index (χ0n) is 18.0. The second-order valence-electron chi connectivity index (χ2n) is 8.21. The zero-order chi connectivity index (χ0) is 21.4. The summed E-state index contributed by atoms with van der Waals surface area (Å²) in [5.41, 5.74) is 5.05. The molecule has 3 aromatic heterocycles. The van der Waals surface area contributed by atoms with Crippen LogP contribution in [0.15, 0.2) is 61.1 Å². The van der Waals surface area contributed by atoms with Crippen molar-refractivity contribution in [1.82, 2.24) is 19.7 Å². The van der Waals surface area contributed by atoms with Crippen LogP contribution in [0.4, 0.5) is 17.2 Å². The molecule has 0 radical (unpaired) electrons. The van der Waals surface area contributed by atoms with Crippen LogP contribution in [0.2, 0.25) is 0 Å². The lowest BCUT2D eigenvalue weighted by Crippen LogP contribution is -2.45. The van der Waals surface area contributed by atoms with Crippen molar-refractivity contribution in [1.29, 1.82) is 0 Å². The second kappa shape index (κ2) is 8.00. The van der Waals surface area contributed by atoms with E-state index >= 15 is 0 Å². The van der Waals surface area contributed by atoms with E-state index in [-0.39, 0.29) is 12.2 Å². The average Bonchev–Trinajstić information content (AvgIpc) is 3.13. The molecule has 0 bridgehead atoms. The first-order valence-electron chi connectivity index (χ1n) is 10.6. The Morgan fingerprint density at radius 3 is 2.68 bits per heavy atom. The first kappa shape index (κ1) is 19.5. The minimum absolute atomic E-state index is 0.226. The lowest BCUT2D eigenvalue weighted by Gasteiger charge is -2.37. The molecule has 31 heavy (non-hydrogen) atoms. The number of hydrogen-bond donors (Lipinski definition) is 1. The maximum atomic E-state index is 5.87. The summed E-state index contributed by atoms with van der Waals surface area (Å²) in [4.78, 5) is 11.4. The molecule has 7 heteroatoms. The van der Waals surface area contributed by atoms with Crippen LogP contribution in [0.5, 0.6) is 0 Å². The van der Waals surface area contributed by atoms with E-state index in [2.05, 4.69) is 69.5 Å². The monoisotopic (exact) mass is 414 g/mol. The fourth-order valence-electron chi connectivity index (χ4n) is 4.19. The topological polar surface area (TPSA) is 68.1 Å². The minimum atomic E-state index is 0.226. The summed E-state index contributed by atoms with van der Waals surface area (Å²) in [5.74, 6) is 0.796. The van der Waals surface area contributed by atoms with Gasteiger partial charge in [-0.2, -0.15) is 5.10 Å². The lowest BCUT2D eigenvalue weighted by molar-refractivity contribution is -0.00521. The number of aryl methyl sites for hydroxylation is 1. The number of anilines is 3. The summed E-state index contributed by atoms with van der Waals surface area (Å²) in [7, 11) is 1.90. The van der Waals surface area contributed by atoms with Gasteiger partial charge in [-0.3, -0.25) is 4.68 Å². The molecule has 7 nitrogen and oxygen atoms in total. The van der Waals surface area contributed by atoms with Crippen molar-refractivity contribution in [3.8, 4) is 11.1 Å². The summed E-state index contributed by atoms with van der Waals surface area (Å²) in [6.07, 6.45) is 6.11. The van der Waals surface area contributed by atoms with E-state index in [4.69, 9.17) is 4.74 Å². The zero-order valence-corrected chi connectivity index (χ0v) is 18.0. The molecule has 1 aliphatic rings. The Morgan fingerprint density at radius 2 is 1.84 bits per heavy atom. The van der Waals surface area contributed by atoms with Crippen molar-refractivity contribution < 1.29 is 4.74 Å². The average molecular weight is 415 g/mol. The minimum Gasteiger partial charge on any atom is -0.372 e. The SMILES string of the molecule is C[C@@H]1CN(c2cccc(Nc3cc(-c4cnc5nn(C)cc5c4)ccn3)c2)C[C@H](C)O1. The Balaban J connectivity index is 1.38. The van der Waals surface area contributed by atoms with Gasteiger partial charge in [-0.15, -0.1) is 0 Å². The van der Waals surface area contributed by atoms with E-state index in [0.29, 0.717) is 0 Å². The highest BCUT2D eigenvalue weighted by molar-refractivity contribution is 5.81. The van der Waals surface area contributed by atoms with Crippen molar-refractivity contribution >= 4 is 28.2 Å². The van der Waals surface area contributed by atoms with Crippen molar-refractivity contribution in [2.24, 2.45) is 7.05 Å². The van der Waals surface area contributed by atoms with Crippen LogP contribution < -0.4 is 10.2 Å². The first-order chi connectivity index (χ1) is 15.0. The van der Waals surface area contributed by atoms with Gasteiger partial charge in [-0.1, -0.05) is 6.07 Å². The van der Waals surface area contributed by atoms with E-state index in [1.54, 1.807) is 4.68 Å². The van der Waals surface area contributed by atoms with E-state index < -0.39 is 0 Å². The molecule has 0 saturated carbocycles. The van der Waals surface area contributed by atoms with Gasteiger partial charge >= 0.3 is 0 Å². The Morgan fingerprint density at radius 1 is 1.00 bits per heavy atom. The van der Waals surface area contributed by atoms with Crippen molar-refractivity contribution in [3.05, 3.63) is 61.1 Å². The Hall–Kier alpha value is -3.45. The highest BCUT2D eigenvalue weighted by Crippen LogP contribution is 2.27. The molecule has 1 aromatic carbocycles. The van der Waals surface area contributed by atoms with Gasteiger partial charge in [0.05, 0.1) is 12.2 Å².